The average molecular weight is 420 g/mol. The first-order valence-electron chi connectivity index (χ1n) is 8.32. The second-order valence-electron chi connectivity index (χ2n) is 6.30. The molecule has 1 aliphatic rings. The van der Waals surface area contributed by atoms with E-state index in [4.69, 9.17) is 5.73 Å². The van der Waals surface area contributed by atoms with E-state index >= 15 is 0 Å². The number of aryl methyl sites for hydroxylation is 1. The van der Waals surface area contributed by atoms with Crippen LogP contribution in [0.15, 0.2) is 24.3 Å². The van der Waals surface area contributed by atoms with Crippen LogP contribution in [-0.2, 0) is 0 Å². The van der Waals surface area contributed by atoms with E-state index in [2.05, 4.69) is 10.3 Å². The van der Waals surface area contributed by atoms with Gasteiger partial charge >= 0.3 is 0 Å². The van der Waals surface area contributed by atoms with Crippen LogP contribution in [0.2, 0.25) is 0 Å². The van der Waals surface area contributed by atoms with E-state index in [1.54, 1.807) is 12.1 Å². The van der Waals surface area contributed by atoms with Crippen molar-refractivity contribution in [1.29, 1.82) is 0 Å². The van der Waals surface area contributed by atoms with Gasteiger partial charge in [0.25, 0.3) is 5.91 Å². The Hall–Kier alpha value is -1.21. The normalized spacial score (nSPS) is 19.2. The van der Waals surface area contributed by atoms with Gasteiger partial charge in [-0.05, 0) is 56.5 Å². The van der Waals surface area contributed by atoms with Gasteiger partial charge in [0.2, 0.25) is 0 Å². The summed E-state index contributed by atoms with van der Waals surface area (Å²) in [6.45, 7) is 2.44. The number of aromatic nitrogens is 1. The molecule has 2 atom stereocenters. The fourth-order valence-corrected chi connectivity index (χ4v) is 4.21. The molecular weight excluding hydrogens is 396 g/mol. The highest BCUT2D eigenvalue weighted by Gasteiger charge is 2.27. The Bertz CT molecular complexity index is 724. The number of thiazole rings is 1. The van der Waals surface area contributed by atoms with Crippen LogP contribution in [0.1, 0.15) is 41.0 Å². The van der Waals surface area contributed by atoms with Gasteiger partial charge in [-0.2, -0.15) is 0 Å². The van der Waals surface area contributed by atoms with Gasteiger partial charge in [0, 0.05) is 11.6 Å². The number of hydrogen-bond donors (Lipinski definition) is 2. The molecule has 1 saturated carbocycles. The molecule has 2 aromatic rings. The summed E-state index contributed by atoms with van der Waals surface area (Å²) in [5.74, 6) is -0.00803. The van der Waals surface area contributed by atoms with Gasteiger partial charge in [-0.15, -0.1) is 36.2 Å². The van der Waals surface area contributed by atoms with E-state index in [1.807, 2.05) is 6.92 Å². The predicted octanol–water partition coefficient (Wildman–Crippen LogP) is 4.35. The lowest BCUT2D eigenvalue weighted by Gasteiger charge is -2.31. The molecule has 1 fully saturated rings. The van der Waals surface area contributed by atoms with Crippen LogP contribution >= 0.6 is 36.2 Å². The molecule has 0 spiro atoms. The first-order valence-corrected chi connectivity index (χ1v) is 9.14. The fraction of sp³-hybridized carbons (Fsp3) is 0.444. The van der Waals surface area contributed by atoms with Crippen LogP contribution in [0.5, 0.6) is 0 Å². The Labute approximate surface area is 169 Å². The van der Waals surface area contributed by atoms with E-state index in [-0.39, 0.29) is 42.6 Å². The minimum absolute atomic E-state index is 0. The molecule has 0 aliphatic heterocycles. The maximum atomic E-state index is 13.1. The second-order valence-corrected chi connectivity index (χ2v) is 7.30. The lowest BCUT2D eigenvalue weighted by atomic mass is 9.84. The van der Waals surface area contributed by atoms with Crippen molar-refractivity contribution in [3.8, 4) is 10.6 Å². The minimum Gasteiger partial charge on any atom is -0.348 e. The molecule has 26 heavy (non-hydrogen) atoms. The smallest absolute Gasteiger partial charge is 0.263 e. The van der Waals surface area contributed by atoms with Gasteiger partial charge in [-0.3, -0.25) is 4.79 Å². The number of nitrogens with two attached hydrogens (primary N) is 1. The summed E-state index contributed by atoms with van der Waals surface area (Å²) >= 11 is 1.35. The Balaban J connectivity index is 0.00000169. The molecule has 1 aromatic heterocycles. The van der Waals surface area contributed by atoms with Crippen molar-refractivity contribution in [3.05, 3.63) is 40.7 Å². The van der Waals surface area contributed by atoms with E-state index in [0.717, 1.165) is 29.8 Å². The second kappa shape index (κ2) is 10.2. The van der Waals surface area contributed by atoms with Crippen molar-refractivity contribution in [2.45, 2.75) is 38.6 Å². The van der Waals surface area contributed by atoms with Crippen LogP contribution in [0.3, 0.4) is 0 Å². The Morgan fingerprint density at radius 2 is 1.92 bits per heavy atom. The molecular formula is C18H24Cl2FN3OS. The quantitative estimate of drug-likeness (QED) is 0.773. The van der Waals surface area contributed by atoms with Crippen molar-refractivity contribution in [2.24, 2.45) is 11.7 Å². The minimum atomic E-state index is -0.282. The van der Waals surface area contributed by atoms with Crippen molar-refractivity contribution in [2.75, 3.05) is 6.54 Å². The maximum absolute atomic E-state index is 13.1. The summed E-state index contributed by atoms with van der Waals surface area (Å²) in [7, 11) is 0. The van der Waals surface area contributed by atoms with Crippen LogP contribution < -0.4 is 11.1 Å². The summed E-state index contributed by atoms with van der Waals surface area (Å²) < 4.78 is 13.1. The zero-order valence-electron chi connectivity index (χ0n) is 14.5. The van der Waals surface area contributed by atoms with Crippen LogP contribution in [-0.4, -0.2) is 23.5 Å². The summed E-state index contributed by atoms with van der Waals surface area (Å²) in [6.07, 6.45) is 4.37. The molecule has 1 heterocycles. The number of carbonyl (C=O) groups excluding carboxylic acids is 1. The Kier molecular flexibility index (Phi) is 8.96. The lowest BCUT2D eigenvalue weighted by molar-refractivity contribution is 0.0911. The molecule has 0 radical (unpaired) electrons. The zero-order chi connectivity index (χ0) is 17.1. The fourth-order valence-electron chi connectivity index (χ4n) is 3.24. The van der Waals surface area contributed by atoms with E-state index in [0.29, 0.717) is 23.0 Å². The highest BCUT2D eigenvalue weighted by molar-refractivity contribution is 7.17. The summed E-state index contributed by atoms with van der Waals surface area (Å²) in [4.78, 5) is 17.7. The maximum Gasteiger partial charge on any atom is 0.263 e. The molecule has 0 bridgehead atoms. The highest BCUT2D eigenvalue weighted by atomic mass is 35.5. The molecule has 144 valence electrons. The number of nitrogens with zero attached hydrogens (tertiary/aromatic N) is 1. The molecule has 4 nitrogen and oxygen atoms in total. The summed E-state index contributed by atoms with van der Waals surface area (Å²) in [5.41, 5.74) is 7.36. The van der Waals surface area contributed by atoms with Gasteiger partial charge in [-0.25, -0.2) is 9.37 Å². The van der Waals surface area contributed by atoms with E-state index in [1.165, 1.54) is 29.9 Å². The van der Waals surface area contributed by atoms with Gasteiger partial charge in [0.05, 0.1) is 5.69 Å². The Morgan fingerprint density at radius 1 is 1.27 bits per heavy atom. The van der Waals surface area contributed by atoms with E-state index in [9.17, 15) is 9.18 Å². The molecule has 2 unspecified atom stereocenters. The monoisotopic (exact) mass is 419 g/mol. The van der Waals surface area contributed by atoms with Crippen LogP contribution in [0, 0.1) is 18.7 Å². The first-order chi connectivity index (χ1) is 11.6. The molecule has 1 amide bonds. The third-order valence-corrected chi connectivity index (χ3v) is 5.83. The number of hydrogen-bond acceptors (Lipinski definition) is 4. The number of benzene rings is 1. The summed E-state index contributed by atoms with van der Waals surface area (Å²) in [5, 5.41) is 3.88. The first kappa shape index (κ1) is 22.8. The highest BCUT2D eigenvalue weighted by Crippen LogP contribution is 2.29. The van der Waals surface area contributed by atoms with Crippen LogP contribution in [0.4, 0.5) is 4.39 Å². The standard InChI is InChI=1S/C18H22FN3OS.2ClH/c1-11-16(17(23)22-15-5-3-2-4-13(15)10-20)24-18(21-11)12-6-8-14(19)9-7-12;;/h6-9,13,15H,2-5,10,20H2,1H3,(H,22,23);2*1H. The molecule has 3 rings (SSSR count). The zero-order valence-corrected chi connectivity index (χ0v) is 17.0. The van der Waals surface area contributed by atoms with Gasteiger partial charge in [0.15, 0.2) is 0 Å². The number of amides is 1. The number of rotatable bonds is 4. The molecule has 1 aromatic carbocycles. The molecule has 0 saturated heterocycles. The topological polar surface area (TPSA) is 68.0 Å². The van der Waals surface area contributed by atoms with E-state index < -0.39 is 0 Å². The summed E-state index contributed by atoms with van der Waals surface area (Å²) in [6, 6.07) is 6.31. The number of carbonyl (C=O) groups is 1. The van der Waals surface area contributed by atoms with Crippen molar-refractivity contribution in [1.82, 2.24) is 10.3 Å². The van der Waals surface area contributed by atoms with Crippen molar-refractivity contribution in [3.63, 3.8) is 0 Å². The molecule has 8 heteroatoms. The number of nitrogens with one attached hydrogen (secondary N) is 1. The lowest BCUT2D eigenvalue weighted by Crippen LogP contribution is -2.44. The van der Waals surface area contributed by atoms with Crippen LogP contribution in [0.25, 0.3) is 10.6 Å². The molecule has 3 N–H and O–H groups in total. The van der Waals surface area contributed by atoms with Gasteiger partial charge in [-0.1, -0.05) is 12.8 Å². The molecule has 1 aliphatic carbocycles. The third kappa shape index (κ3) is 5.16. The largest absolute Gasteiger partial charge is 0.348 e. The third-order valence-electron chi connectivity index (χ3n) is 4.62. The number of halogens is 3. The van der Waals surface area contributed by atoms with Crippen molar-refractivity contribution < 1.29 is 9.18 Å². The van der Waals surface area contributed by atoms with Crippen molar-refractivity contribution >= 4 is 42.1 Å². The van der Waals surface area contributed by atoms with Gasteiger partial charge < -0.3 is 11.1 Å². The predicted molar refractivity (Wildman–Crippen MR) is 109 cm³/mol. The van der Waals surface area contributed by atoms with Gasteiger partial charge in [0.1, 0.15) is 15.7 Å². The Morgan fingerprint density at radius 3 is 2.58 bits per heavy atom. The SMILES string of the molecule is Cc1nc(-c2ccc(F)cc2)sc1C(=O)NC1CCCCC1CN.Cl.Cl. The average Bonchev–Trinajstić information content (AvgIpc) is 2.98.